The molecule has 0 fully saturated rings. The van der Waals surface area contributed by atoms with Gasteiger partial charge in [0.2, 0.25) is 0 Å². The van der Waals surface area contributed by atoms with Crippen LogP contribution in [0, 0.1) is 0 Å². The van der Waals surface area contributed by atoms with Gasteiger partial charge in [0.15, 0.2) is 6.79 Å². The smallest absolute Gasteiger partial charge is 0.468 e. The zero-order valence-corrected chi connectivity index (χ0v) is 9.05. The molecule has 16 heavy (non-hydrogen) atoms. The topological polar surface area (TPSA) is 73.9 Å². The lowest BCUT2D eigenvalue weighted by molar-refractivity contribution is 0.0517. The van der Waals surface area contributed by atoms with Gasteiger partial charge in [-0.25, -0.2) is 0 Å². The van der Waals surface area contributed by atoms with Crippen molar-refractivity contribution >= 4 is 12.6 Å². The van der Waals surface area contributed by atoms with Crippen LogP contribution in [0.25, 0.3) is 0 Å². The predicted molar refractivity (Wildman–Crippen MR) is 59.4 cm³/mol. The maximum absolute atomic E-state index is 9.76. The van der Waals surface area contributed by atoms with Crippen LogP contribution in [0.15, 0.2) is 18.2 Å². The zero-order valence-electron chi connectivity index (χ0n) is 9.05. The fraction of sp³-hybridized carbons (Fsp3) is 0.400. The Hall–Kier alpha value is -1.08. The fourth-order valence-corrected chi connectivity index (χ4v) is 1.83. The number of benzene rings is 1. The van der Waals surface area contributed by atoms with E-state index < -0.39 is 7.12 Å². The predicted octanol–water partition coefficient (Wildman–Crippen LogP) is -0.613. The first-order chi connectivity index (χ1) is 7.77. The van der Waals surface area contributed by atoms with E-state index in [9.17, 15) is 5.02 Å². The van der Waals surface area contributed by atoms with E-state index in [-0.39, 0.29) is 12.9 Å². The van der Waals surface area contributed by atoms with Gasteiger partial charge in [-0.05, 0) is 11.6 Å². The minimum absolute atomic E-state index is 0.135. The van der Waals surface area contributed by atoms with Gasteiger partial charge < -0.3 is 24.9 Å². The average molecular weight is 223 g/mol. The minimum Gasteiger partial charge on any atom is -0.468 e. The van der Waals surface area contributed by atoms with Crippen molar-refractivity contribution in [2.24, 2.45) is 5.73 Å². The van der Waals surface area contributed by atoms with Crippen LogP contribution in [0.1, 0.15) is 11.7 Å². The Bertz CT molecular complexity index is 374. The third kappa shape index (κ3) is 1.92. The Balaban J connectivity index is 2.32. The fourth-order valence-electron chi connectivity index (χ4n) is 1.83. The molecular weight excluding hydrogens is 209 g/mol. The quantitative estimate of drug-likeness (QED) is 0.526. The van der Waals surface area contributed by atoms with Crippen LogP contribution in [0.3, 0.4) is 0 Å². The minimum atomic E-state index is -0.975. The van der Waals surface area contributed by atoms with Crippen molar-refractivity contribution in [3.63, 3.8) is 0 Å². The van der Waals surface area contributed by atoms with Crippen LogP contribution in [0.5, 0.6) is 5.75 Å². The second-order valence-corrected chi connectivity index (χ2v) is 3.52. The highest BCUT2D eigenvalue weighted by atomic mass is 16.7. The van der Waals surface area contributed by atoms with Crippen molar-refractivity contribution < 1.29 is 19.2 Å². The molecule has 1 aliphatic rings. The Morgan fingerprint density at radius 1 is 1.56 bits per heavy atom. The Labute approximate surface area is 94.3 Å². The number of hydrogen-bond donors (Lipinski definition) is 2. The van der Waals surface area contributed by atoms with Crippen molar-refractivity contribution in [2.75, 3.05) is 20.4 Å². The molecule has 1 unspecified atom stereocenters. The van der Waals surface area contributed by atoms with Crippen molar-refractivity contribution in [2.45, 2.75) is 6.10 Å². The summed E-state index contributed by atoms with van der Waals surface area (Å²) >= 11 is 0. The van der Waals surface area contributed by atoms with E-state index in [2.05, 4.69) is 0 Å². The molecule has 2 rings (SSSR count). The standard InChI is InChI=1S/C10H14BNO4/c1-14-6-15-8-4-2-3-7-9(5-12)16-11(13)10(7)8/h2-4,9,13H,5-6,12H2,1H3. The summed E-state index contributed by atoms with van der Waals surface area (Å²) in [6, 6.07) is 5.49. The van der Waals surface area contributed by atoms with Crippen molar-refractivity contribution in [3.8, 4) is 5.75 Å². The van der Waals surface area contributed by atoms with Crippen LogP contribution in [-0.2, 0) is 9.39 Å². The highest BCUT2D eigenvalue weighted by molar-refractivity contribution is 6.62. The number of ether oxygens (including phenoxy) is 2. The van der Waals surface area contributed by atoms with Gasteiger partial charge in [0.1, 0.15) is 5.75 Å². The molecule has 0 spiro atoms. The summed E-state index contributed by atoms with van der Waals surface area (Å²) < 4.78 is 15.5. The molecule has 86 valence electrons. The second-order valence-electron chi connectivity index (χ2n) is 3.52. The third-order valence-electron chi connectivity index (χ3n) is 2.53. The van der Waals surface area contributed by atoms with E-state index in [0.717, 1.165) is 5.56 Å². The normalized spacial score (nSPS) is 18.7. The third-order valence-corrected chi connectivity index (χ3v) is 2.53. The van der Waals surface area contributed by atoms with E-state index in [4.69, 9.17) is 19.9 Å². The molecule has 0 bridgehead atoms. The number of methoxy groups -OCH3 is 1. The molecule has 1 atom stereocenters. The molecule has 0 saturated carbocycles. The molecule has 0 aliphatic carbocycles. The average Bonchev–Trinajstić information content (AvgIpc) is 2.64. The van der Waals surface area contributed by atoms with Crippen LogP contribution in [0.2, 0.25) is 0 Å². The molecule has 0 aromatic heterocycles. The van der Waals surface area contributed by atoms with E-state index in [1.807, 2.05) is 12.1 Å². The van der Waals surface area contributed by atoms with Crippen LogP contribution in [-0.4, -0.2) is 32.6 Å². The molecule has 1 aliphatic heterocycles. The largest absolute Gasteiger partial charge is 0.495 e. The Morgan fingerprint density at radius 2 is 2.38 bits per heavy atom. The summed E-state index contributed by atoms with van der Waals surface area (Å²) in [6.45, 7) is 0.467. The van der Waals surface area contributed by atoms with Crippen molar-refractivity contribution in [1.29, 1.82) is 0 Å². The molecule has 1 aromatic carbocycles. The van der Waals surface area contributed by atoms with E-state index in [0.29, 0.717) is 17.8 Å². The first-order valence-corrected chi connectivity index (χ1v) is 5.06. The first-order valence-electron chi connectivity index (χ1n) is 5.06. The molecule has 6 heteroatoms. The summed E-state index contributed by atoms with van der Waals surface area (Å²) in [7, 11) is 0.565. The monoisotopic (exact) mass is 223 g/mol. The summed E-state index contributed by atoms with van der Waals surface area (Å²) in [5.74, 6) is 0.572. The van der Waals surface area contributed by atoms with E-state index in [1.54, 1.807) is 13.2 Å². The summed E-state index contributed by atoms with van der Waals surface area (Å²) in [5.41, 5.74) is 7.09. The highest BCUT2D eigenvalue weighted by Gasteiger charge is 2.37. The Morgan fingerprint density at radius 3 is 3.06 bits per heavy atom. The molecule has 0 saturated heterocycles. The van der Waals surface area contributed by atoms with Crippen LogP contribution < -0.4 is 15.9 Å². The molecule has 3 N–H and O–H groups in total. The lowest BCUT2D eigenvalue weighted by Crippen LogP contribution is -2.30. The van der Waals surface area contributed by atoms with Crippen molar-refractivity contribution in [1.82, 2.24) is 0 Å². The maximum atomic E-state index is 9.76. The molecular formula is C10H14BNO4. The SMILES string of the molecule is COCOc1cccc2c1B(O)OC2CN. The Kier molecular flexibility index (Phi) is 3.45. The van der Waals surface area contributed by atoms with Gasteiger partial charge in [-0.2, -0.15) is 0 Å². The number of hydrogen-bond acceptors (Lipinski definition) is 5. The van der Waals surface area contributed by atoms with Gasteiger partial charge in [0, 0.05) is 19.1 Å². The van der Waals surface area contributed by atoms with Crippen molar-refractivity contribution in [3.05, 3.63) is 23.8 Å². The number of nitrogens with two attached hydrogens (primary N) is 1. The molecule has 1 heterocycles. The van der Waals surface area contributed by atoms with Crippen LogP contribution in [0.4, 0.5) is 0 Å². The van der Waals surface area contributed by atoms with Gasteiger partial charge in [-0.3, -0.25) is 0 Å². The van der Waals surface area contributed by atoms with Gasteiger partial charge >= 0.3 is 7.12 Å². The molecule has 0 radical (unpaired) electrons. The van der Waals surface area contributed by atoms with E-state index in [1.165, 1.54) is 0 Å². The maximum Gasteiger partial charge on any atom is 0.495 e. The first kappa shape index (κ1) is 11.4. The van der Waals surface area contributed by atoms with Gasteiger partial charge in [0.05, 0.1) is 6.10 Å². The summed E-state index contributed by atoms with van der Waals surface area (Å²) in [6.07, 6.45) is -0.268. The van der Waals surface area contributed by atoms with Gasteiger partial charge in [0.25, 0.3) is 0 Å². The van der Waals surface area contributed by atoms with E-state index >= 15 is 0 Å². The van der Waals surface area contributed by atoms with Gasteiger partial charge in [-0.15, -0.1) is 0 Å². The highest BCUT2D eigenvalue weighted by Crippen LogP contribution is 2.26. The molecule has 5 nitrogen and oxygen atoms in total. The molecule has 0 amide bonds. The second kappa shape index (κ2) is 4.84. The molecule has 1 aromatic rings. The number of rotatable bonds is 4. The zero-order chi connectivity index (χ0) is 11.5. The van der Waals surface area contributed by atoms with Gasteiger partial charge in [-0.1, -0.05) is 12.1 Å². The van der Waals surface area contributed by atoms with Crippen LogP contribution >= 0.6 is 0 Å². The number of fused-ring (bicyclic) bond motifs is 1. The lowest BCUT2D eigenvalue weighted by Gasteiger charge is -2.10. The summed E-state index contributed by atoms with van der Waals surface area (Å²) in [5, 5.41) is 9.76. The summed E-state index contributed by atoms with van der Waals surface area (Å²) in [4.78, 5) is 0. The lowest BCUT2D eigenvalue weighted by atomic mass is 9.78.